The molecule has 0 aromatic heterocycles. The Bertz CT molecular complexity index is 748. The number of carbonyl (C=O) groups excluding carboxylic acids is 1. The average molecular weight is 321 g/mol. The van der Waals surface area contributed by atoms with E-state index < -0.39 is 0 Å². The minimum atomic E-state index is 0.270. The van der Waals surface area contributed by atoms with E-state index in [0.29, 0.717) is 12.2 Å². The van der Waals surface area contributed by atoms with E-state index in [4.69, 9.17) is 4.99 Å². The largest absolute Gasteiger partial charge is 0.299 e. The Morgan fingerprint density at radius 1 is 1.00 bits per heavy atom. The molecule has 0 saturated carbocycles. The molecule has 0 aliphatic carbocycles. The van der Waals surface area contributed by atoms with Crippen molar-refractivity contribution in [2.24, 2.45) is 4.99 Å². The van der Waals surface area contributed by atoms with E-state index in [1.54, 1.807) is 11.8 Å². The first kappa shape index (κ1) is 15.8. The number of carbonyl (C=O) groups is 1. The van der Waals surface area contributed by atoms with Crippen LogP contribution in [0.4, 0.5) is 0 Å². The Labute approximate surface area is 141 Å². The van der Waals surface area contributed by atoms with E-state index in [1.165, 1.54) is 11.1 Å². The number of aliphatic imine (C=N–C) groups is 1. The highest BCUT2D eigenvalue weighted by atomic mass is 32.2. The van der Waals surface area contributed by atoms with Crippen molar-refractivity contribution in [2.75, 3.05) is 5.75 Å². The second-order valence-corrected chi connectivity index (χ2v) is 6.47. The molecule has 2 nitrogen and oxygen atoms in total. The van der Waals surface area contributed by atoms with Gasteiger partial charge in [0.25, 0.3) is 0 Å². The molecule has 0 unspecified atom stereocenters. The number of benzene rings is 2. The van der Waals surface area contributed by atoms with Crippen LogP contribution in [0.25, 0.3) is 11.3 Å². The van der Waals surface area contributed by atoms with Crippen LogP contribution in [-0.4, -0.2) is 16.6 Å². The molecule has 0 atom stereocenters. The molecule has 2 aromatic rings. The molecule has 116 valence electrons. The summed E-state index contributed by atoms with van der Waals surface area (Å²) >= 11 is 1.57. The van der Waals surface area contributed by atoms with Gasteiger partial charge in [0.1, 0.15) is 5.78 Å². The minimum Gasteiger partial charge on any atom is -0.299 e. The molecule has 1 heterocycles. The first-order valence-electron chi connectivity index (χ1n) is 7.84. The van der Waals surface area contributed by atoms with Gasteiger partial charge in [0.2, 0.25) is 0 Å². The summed E-state index contributed by atoms with van der Waals surface area (Å²) in [4.78, 5) is 16.4. The fourth-order valence-corrected chi connectivity index (χ4v) is 3.46. The van der Waals surface area contributed by atoms with Crippen molar-refractivity contribution in [1.29, 1.82) is 0 Å². The molecule has 3 heteroatoms. The molecule has 0 saturated heterocycles. The molecule has 0 fully saturated rings. The van der Waals surface area contributed by atoms with Gasteiger partial charge in [0.15, 0.2) is 0 Å². The van der Waals surface area contributed by atoms with Crippen molar-refractivity contribution in [2.45, 2.75) is 19.8 Å². The van der Waals surface area contributed by atoms with Crippen LogP contribution in [0.5, 0.6) is 0 Å². The minimum absolute atomic E-state index is 0.270. The van der Waals surface area contributed by atoms with E-state index >= 15 is 0 Å². The van der Waals surface area contributed by atoms with Crippen molar-refractivity contribution in [3.8, 4) is 0 Å². The van der Waals surface area contributed by atoms with Crippen LogP contribution < -0.4 is 0 Å². The molecule has 23 heavy (non-hydrogen) atoms. The molecule has 3 rings (SSSR count). The Kier molecular flexibility index (Phi) is 5.09. The van der Waals surface area contributed by atoms with Gasteiger partial charge in [0, 0.05) is 18.4 Å². The predicted octanol–water partition coefficient (Wildman–Crippen LogP) is 5.07. The zero-order chi connectivity index (χ0) is 16.1. The lowest BCUT2D eigenvalue weighted by atomic mass is 9.99. The molecule has 0 bridgehead atoms. The van der Waals surface area contributed by atoms with E-state index in [2.05, 4.69) is 36.4 Å². The topological polar surface area (TPSA) is 29.4 Å². The monoisotopic (exact) mass is 321 g/mol. The Morgan fingerprint density at radius 3 is 2.22 bits per heavy atom. The van der Waals surface area contributed by atoms with E-state index in [9.17, 15) is 4.79 Å². The van der Waals surface area contributed by atoms with Crippen molar-refractivity contribution in [3.63, 3.8) is 0 Å². The van der Waals surface area contributed by atoms with Gasteiger partial charge < -0.3 is 0 Å². The van der Waals surface area contributed by atoms with Gasteiger partial charge in [-0.2, -0.15) is 0 Å². The van der Waals surface area contributed by atoms with Gasteiger partial charge in [-0.15, -0.1) is 11.8 Å². The third-order valence-electron chi connectivity index (χ3n) is 3.81. The van der Waals surface area contributed by atoms with E-state index in [0.717, 1.165) is 22.7 Å². The molecule has 0 amide bonds. The van der Waals surface area contributed by atoms with Crippen molar-refractivity contribution >= 4 is 33.9 Å². The van der Waals surface area contributed by atoms with Crippen LogP contribution in [0, 0.1) is 0 Å². The molecular formula is C20H19NOS. The average Bonchev–Trinajstić information content (AvgIpc) is 3.05. The summed E-state index contributed by atoms with van der Waals surface area (Å²) in [6.07, 6.45) is 1.39. The number of ketones is 1. The number of Topliss-reactive ketones (excluding diaryl/α,β-unsaturated/α-hetero) is 1. The van der Waals surface area contributed by atoms with Gasteiger partial charge in [-0.05, 0) is 11.1 Å². The lowest BCUT2D eigenvalue weighted by molar-refractivity contribution is -0.116. The van der Waals surface area contributed by atoms with Crippen LogP contribution in [0.2, 0.25) is 0 Å². The molecule has 0 spiro atoms. The number of hydrogen-bond acceptors (Lipinski definition) is 3. The fourth-order valence-electron chi connectivity index (χ4n) is 2.53. The number of nitrogens with zero attached hydrogens (tertiary/aromatic N) is 1. The molecule has 0 radical (unpaired) electrons. The van der Waals surface area contributed by atoms with E-state index in [-0.39, 0.29) is 5.78 Å². The van der Waals surface area contributed by atoms with Gasteiger partial charge in [0.05, 0.1) is 16.5 Å². The van der Waals surface area contributed by atoms with E-state index in [1.807, 2.05) is 31.2 Å². The lowest BCUT2D eigenvalue weighted by Gasteiger charge is -2.06. The Morgan fingerprint density at radius 2 is 1.61 bits per heavy atom. The summed E-state index contributed by atoms with van der Waals surface area (Å²) in [5, 5.41) is 1.03. The fraction of sp³-hybridized carbons (Fsp3) is 0.200. The lowest BCUT2D eigenvalue weighted by Crippen LogP contribution is -2.01. The van der Waals surface area contributed by atoms with Gasteiger partial charge in [-0.1, -0.05) is 67.6 Å². The second kappa shape index (κ2) is 7.42. The first-order chi connectivity index (χ1) is 11.3. The SMILES string of the molecule is CCC(=O)CSC1=NC(c2ccccc2)=C(c2ccccc2)C1. The summed E-state index contributed by atoms with van der Waals surface area (Å²) in [7, 11) is 0. The summed E-state index contributed by atoms with van der Waals surface area (Å²) in [6, 6.07) is 20.6. The number of hydrogen-bond donors (Lipinski definition) is 0. The molecule has 1 aliphatic heterocycles. The first-order valence-corrected chi connectivity index (χ1v) is 8.82. The van der Waals surface area contributed by atoms with Crippen LogP contribution in [0.15, 0.2) is 65.7 Å². The smallest absolute Gasteiger partial charge is 0.142 e. The van der Waals surface area contributed by atoms with Crippen LogP contribution in [0.3, 0.4) is 0 Å². The maximum absolute atomic E-state index is 11.6. The normalized spacial score (nSPS) is 14.0. The second-order valence-electron chi connectivity index (χ2n) is 5.42. The standard InChI is InChI=1S/C20H19NOS/c1-2-17(22)14-23-19-13-18(15-9-5-3-6-10-15)20(21-19)16-11-7-4-8-12-16/h3-12H,2,13-14H2,1H3. The third-order valence-corrected chi connectivity index (χ3v) is 4.85. The van der Waals surface area contributed by atoms with Gasteiger partial charge >= 0.3 is 0 Å². The summed E-state index contributed by atoms with van der Waals surface area (Å²) in [5.74, 6) is 0.784. The number of allylic oxidation sites excluding steroid dienone is 1. The number of thioether (sulfide) groups is 1. The highest BCUT2D eigenvalue weighted by Crippen LogP contribution is 2.37. The van der Waals surface area contributed by atoms with Crippen molar-refractivity contribution in [3.05, 3.63) is 71.8 Å². The Balaban J connectivity index is 1.91. The summed E-state index contributed by atoms with van der Waals surface area (Å²) in [6.45, 7) is 1.91. The maximum atomic E-state index is 11.6. The summed E-state index contributed by atoms with van der Waals surface area (Å²) in [5.41, 5.74) is 4.60. The molecule has 2 aromatic carbocycles. The highest BCUT2D eigenvalue weighted by Gasteiger charge is 2.21. The predicted molar refractivity (Wildman–Crippen MR) is 99.5 cm³/mol. The summed E-state index contributed by atoms with van der Waals surface area (Å²) < 4.78 is 0. The van der Waals surface area contributed by atoms with Crippen LogP contribution >= 0.6 is 11.8 Å². The molecule has 1 aliphatic rings. The van der Waals surface area contributed by atoms with Crippen molar-refractivity contribution in [1.82, 2.24) is 0 Å². The van der Waals surface area contributed by atoms with Crippen molar-refractivity contribution < 1.29 is 4.79 Å². The number of rotatable bonds is 5. The maximum Gasteiger partial charge on any atom is 0.142 e. The Hall–Kier alpha value is -2.13. The quantitative estimate of drug-likeness (QED) is 0.769. The molecular weight excluding hydrogens is 302 g/mol. The zero-order valence-electron chi connectivity index (χ0n) is 13.2. The van der Waals surface area contributed by atoms with Crippen LogP contribution in [0.1, 0.15) is 30.9 Å². The highest BCUT2D eigenvalue weighted by molar-refractivity contribution is 8.14. The third kappa shape index (κ3) is 3.80. The van der Waals surface area contributed by atoms with Gasteiger partial charge in [-0.25, -0.2) is 4.99 Å². The molecule has 0 N–H and O–H groups in total. The van der Waals surface area contributed by atoms with Gasteiger partial charge in [-0.3, -0.25) is 4.79 Å². The van der Waals surface area contributed by atoms with Crippen LogP contribution in [-0.2, 0) is 4.79 Å². The zero-order valence-corrected chi connectivity index (χ0v) is 14.0.